The van der Waals surface area contributed by atoms with Crippen molar-refractivity contribution >= 4 is 22.6 Å². The lowest BCUT2D eigenvalue weighted by Crippen LogP contribution is -2.50. The third-order valence-electron chi connectivity index (χ3n) is 4.66. The summed E-state index contributed by atoms with van der Waals surface area (Å²) in [5, 5.41) is 12.9. The first-order valence-corrected chi connectivity index (χ1v) is 8.41. The molecule has 0 saturated carbocycles. The Balaban J connectivity index is 2.12. The number of piperidine rings is 1. The van der Waals surface area contributed by atoms with Gasteiger partial charge in [0.2, 0.25) is 0 Å². The average molecular weight is 367 g/mol. The number of benzene rings is 1. The van der Waals surface area contributed by atoms with Gasteiger partial charge in [-0.15, -0.1) is 0 Å². The van der Waals surface area contributed by atoms with Gasteiger partial charge in [0, 0.05) is 29.9 Å². The summed E-state index contributed by atoms with van der Waals surface area (Å²) >= 11 is 0. The van der Waals surface area contributed by atoms with Gasteiger partial charge in [0.1, 0.15) is 6.54 Å². The number of anilines is 1. The quantitative estimate of drug-likeness (QED) is 0.869. The van der Waals surface area contributed by atoms with Crippen LogP contribution < -0.4 is 10.2 Å². The van der Waals surface area contributed by atoms with Crippen LogP contribution >= 0.6 is 0 Å². The average Bonchev–Trinajstić information content (AvgIpc) is 2.58. The maximum Gasteiger partial charge on any atom is 0.418 e. The molecular formula is C18H20F3N3O2. The zero-order valence-electron chi connectivity index (χ0n) is 14.3. The van der Waals surface area contributed by atoms with E-state index in [-0.39, 0.29) is 18.1 Å². The molecule has 0 bridgehead atoms. The Bertz CT molecular complexity index is 810. The zero-order chi connectivity index (χ0) is 18.9. The molecule has 0 aliphatic carbocycles. The Morgan fingerprint density at radius 1 is 1.35 bits per heavy atom. The molecule has 0 radical (unpaired) electrons. The number of aliphatic carboxylic acids is 1. The highest BCUT2D eigenvalue weighted by Crippen LogP contribution is 2.38. The van der Waals surface area contributed by atoms with Gasteiger partial charge in [0.05, 0.1) is 11.1 Å². The van der Waals surface area contributed by atoms with Crippen LogP contribution in [0.4, 0.5) is 18.9 Å². The molecule has 5 nitrogen and oxygen atoms in total. The zero-order valence-corrected chi connectivity index (χ0v) is 14.3. The van der Waals surface area contributed by atoms with E-state index in [0.717, 1.165) is 19.0 Å². The van der Waals surface area contributed by atoms with Gasteiger partial charge in [-0.25, -0.2) is 0 Å². The molecule has 1 fully saturated rings. The molecule has 0 unspecified atom stereocenters. The van der Waals surface area contributed by atoms with Crippen molar-refractivity contribution in [2.24, 2.45) is 5.92 Å². The van der Waals surface area contributed by atoms with Gasteiger partial charge in [-0.2, -0.15) is 13.2 Å². The number of carboxylic acid groups (broad SMARTS) is 1. The van der Waals surface area contributed by atoms with Crippen LogP contribution in [-0.4, -0.2) is 41.7 Å². The molecule has 3 rings (SSSR count). The molecule has 2 heterocycles. The molecule has 1 aliphatic rings. The van der Waals surface area contributed by atoms with E-state index in [9.17, 15) is 23.1 Å². The van der Waals surface area contributed by atoms with Crippen molar-refractivity contribution in [2.75, 3.05) is 24.5 Å². The predicted molar refractivity (Wildman–Crippen MR) is 92.2 cm³/mol. The van der Waals surface area contributed by atoms with Crippen molar-refractivity contribution in [3.05, 3.63) is 36.0 Å². The highest BCUT2D eigenvalue weighted by molar-refractivity contribution is 5.95. The Hall–Kier alpha value is -2.35. The molecule has 0 spiro atoms. The Morgan fingerprint density at radius 2 is 2.12 bits per heavy atom. The van der Waals surface area contributed by atoms with Gasteiger partial charge in [-0.1, -0.05) is 6.92 Å². The van der Waals surface area contributed by atoms with Gasteiger partial charge < -0.3 is 15.3 Å². The molecule has 1 aliphatic heterocycles. The number of hydrogen-bond acceptors (Lipinski definition) is 4. The Labute approximate surface area is 148 Å². The standard InChI is InChI=1S/C18H20F3N3O2/c1-11-7-12(9-22-8-11)24(10-16(25)26)15-5-4-14(18(19,20)21)17-13(15)3-2-6-23-17/h2-6,11-12,22H,7-10H2,1H3,(H,25,26)/t11-,12+/m0/s1. The first-order chi connectivity index (χ1) is 12.3. The van der Waals surface area contributed by atoms with Crippen LogP contribution in [0, 0.1) is 5.92 Å². The van der Waals surface area contributed by atoms with Crippen LogP contribution in [0.25, 0.3) is 10.9 Å². The van der Waals surface area contributed by atoms with Crippen molar-refractivity contribution in [3.63, 3.8) is 0 Å². The summed E-state index contributed by atoms with van der Waals surface area (Å²) in [6.45, 7) is 3.20. The van der Waals surface area contributed by atoms with E-state index in [1.54, 1.807) is 17.0 Å². The SMILES string of the molecule is C[C@@H]1CNC[C@H](N(CC(=O)O)c2ccc(C(F)(F)F)c3ncccc23)C1. The lowest BCUT2D eigenvalue weighted by atomic mass is 9.95. The van der Waals surface area contributed by atoms with Crippen LogP contribution in [0.1, 0.15) is 18.9 Å². The minimum atomic E-state index is -4.52. The van der Waals surface area contributed by atoms with E-state index in [0.29, 0.717) is 23.5 Å². The molecule has 2 atom stereocenters. The highest BCUT2D eigenvalue weighted by atomic mass is 19.4. The van der Waals surface area contributed by atoms with Gasteiger partial charge in [-0.05, 0) is 43.1 Å². The fourth-order valence-corrected chi connectivity index (χ4v) is 3.56. The van der Waals surface area contributed by atoms with Crippen molar-refractivity contribution in [1.29, 1.82) is 0 Å². The van der Waals surface area contributed by atoms with E-state index in [1.807, 2.05) is 0 Å². The summed E-state index contributed by atoms with van der Waals surface area (Å²) in [6, 6.07) is 5.34. The lowest BCUT2D eigenvalue weighted by molar-refractivity contribution is -0.137. The van der Waals surface area contributed by atoms with E-state index >= 15 is 0 Å². The van der Waals surface area contributed by atoms with Crippen molar-refractivity contribution in [2.45, 2.75) is 25.6 Å². The number of alkyl halides is 3. The third-order valence-corrected chi connectivity index (χ3v) is 4.66. The number of carbonyl (C=O) groups is 1. The van der Waals surface area contributed by atoms with Crippen molar-refractivity contribution < 1.29 is 23.1 Å². The second-order valence-corrected chi connectivity index (χ2v) is 6.70. The molecule has 1 saturated heterocycles. The maximum atomic E-state index is 13.3. The predicted octanol–water partition coefficient (Wildman–Crippen LogP) is 3.14. The molecule has 26 heavy (non-hydrogen) atoms. The second-order valence-electron chi connectivity index (χ2n) is 6.70. The van der Waals surface area contributed by atoms with Crippen LogP contribution in [0.3, 0.4) is 0 Å². The molecule has 1 aromatic heterocycles. The number of aromatic nitrogens is 1. The fourth-order valence-electron chi connectivity index (χ4n) is 3.56. The second kappa shape index (κ2) is 7.11. The molecule has 8 heteroatoms. The number of nitrogens with one attached hydrogen (secondary N) is 1. The number of hydrogen-bond donors (Lipinski definition) is 2. The summed E-state index contributed by atoms with van der Waals surface area (Å²) in [4.78, 5) is 17.0. The van der Waals surface area contributed by atoms with Crippen molar-refractivity contribution in [3.8, 4) is 0 Å². The molecule has 2 N–H and O–H groups in total. The number of rotatable bonds is 4. The molecule has 2 aromatic rings. The van der Waals surface area contributed by atoms with E-state index < -0.39 is 17.7 Å². The number of carboxylic acids is 1. The molecule has 1 aromatic carbocycles. The Kier molecular flexibility index (Phi) is 5.04. The van der Waals surface area contributed by atoms with Crippen molar-refractivity contribution in [1.82, 2.24) is 10.3 Å². The maximum absolute atomic E-state index is 13.3. The van der Waals surface area contributed by atoms with Crippen LogP contribution in [0.2, 0.25) is 0 Å². The molecular weight excluding hydrogens is 347 g/mol. The van der Waals surface area contributed by atoms with Gasteiger partial charge in [0.15, 0.2) is 0 Å². The summed E-state index contributed by atoms with van der Waals surface area (Å²) in [5.74, 6) is -0.677. The number of nitrogens with zero attached hydrogens (tertiary/aromatic N) is 2. The minimum Gasteiger partial charge on any atom is -0.480 e. The van der Waals surface area contributed by atoms with E-state index in [1.165, 1.54) is 12.3 Å². The first kappa shape index (κ1) is 18.4. The lowest BCUT2D eigenvalue weighted by Gasteiger charge is -2.38. The third kappa shape index (κ3) is 3.75. The van der Waals surface area contributed by atoms with Crippen LogP contribution in [0.15, 0.2) is 30.5 Å². The monoisotopic (exact) mass is 367 g/mol. The normalized spacial score (nSPS) is 20.9. The Morgan fingerprint density at radius 3 is 2.77 bits per heavy atom. The van der Waals surface area contributed by atoms with Crippen LogP contribution in [-0.2, 0) is 11.0 Å². The fraction of sp³-hybridized carbons (Fsp3) is 0.444. The largest absolute Gasteiger partial charge is 0.480 e. The van der Waals surface area contributed by atoms with Gasteiger partial charge >= 0.3 is 12.1 Å². The summed E-state index contributed by atoms with van der Waals surface area (Å²) < 4.78 is 39.9. The minimum absolute atomic E-state index is 0.116. The topological polar surface area (TPSA) is 65.5 Å². The number of halogens is 3. The van der Waals surface area contributed by atoms with E-state index in [4.69, 9.17) is 0 Å². The molecule has 140 valence electrons. The van der Waals surface area contributed by atoms with E-state index in [2.05, 4.69) is 17.2 Å². The molecule has 0 amide bonds. The number of pyridine rings is 1. The summed E-state index contributed by atoms with van der Waals surface area (Å²) in [6.07, 6.45) is -2.44. The summed E-state index contributed by atoms with van der Waals surface area (Å²) in [7, 11) is 0. The summed E-state index contributed by atoms with van der Waals surface area (Å²) in [5.41, 5.74) is -0.517. The highest BCUT2D eigenvalue weighted by Gasteiger charge is 2.35. The first-order valence-electron chi connectivity index (χ1n) is 8.41. The van der Waals surface area contributed by atoms with Crippen LogP contribution in [0.5, 0.6) is 0 Å². The van der Waals surface area contributed by atoms with Gasteiger partial charge in [-0.3, -0.25) is 9.78 Å². The number of fused-ring (bicyclic) bond motifs is 1. The smallest absolute Gasteiger partial charge is 0.418 e. The van der Waals surface area contributed by atoms with Gasteiger partial charge in [0.25, 0.3) is 0 Å².